The highest BCUT2D eigenvalue weighted by Crippen LogP contribution is 2.21. The minimum Gasteiger partial charge on any atom is -0.493 e. The fourth-order valence-electron chi connectivity index (χ4n) is 2.56. The van der Waals surface area contributed by atoms with Crippen LogP contribution >= 0.6 is 23.2 Å². The standard InChI is InChI=1S/C22H25Cl2N3O3/c1-4-11-30-19-10-9-18(24)12-16(19)13-25-27-22(29)20(14(2)3)26-21(28)15-5-7-17(23)8-6-15/h5-10,12-14,20H,4,11H2,1-3H3,(H,26,28)(H,27,29). The zero-order valence-corrected chi connectivity index (χ0v) is 18.6. The van der Waals surface area contributed by atoms with Crippen molar-refractivity contribution in [3.63, 3.8) is 0 Å². The smallest absolute Gasteiger partial charge is 0.262 e. The summed E-state index contributed by atoms with van der Waals surface area (Å²) in [4.78, 5) is 25.1. The zero-order valence-electron chi connectivity index (χ0n) is 17.1. The third-order valence-corrected chi connectivity index (χ3v) is 4.64. The van der Waals surface area contributed by atoms with Gasteiger partial charge in [-0.1, -0.05) is 44.0 Å². The number of ether oxygens (including phenoxy) is 1. The summed E-state index contributed by atoms with van der Waals surface area (Å²) in [6, 6.07) is 10.9. The number of hydrazone groups is 1. The lowest BCUT2D eigenvalue weighted by atomic mass is 10.0. The van der Waals surface area contributed by atoms with Gasteiger partial charge < -0.3 is 10.1 Å². The summed E-state index contributed by atoms with van der Waals surface area (Å²) in [5.74, 6) is -0.321. The van der Waals surface area contributed by atoms with Crippen molar-refractivity contribution in [2.75, 3.05) is 6.61 Å². The number of hydrogen-bond acceptors (Lipinski definition) is 4. The zero-order chi connectivity index (χ0) is 22.1. The third kappa shape index (κ3) is 7.04. The molecule has 1 unspecified atom stereocenters. The first-order chi connectivity index (χ1) is 14.3. The van der Waals surface area contributed by atoms with Crippen LogP contribution in [-0.2, 0) is 4.79 Å². The van der Waals surface area contributed by atoms with Gasteiger partial charge in [0.25, 0.3) is 11.8 Å². The number of rotatable bonds is 9. The summed E-state index contributed by atoms with van der Waals surface area (Å²) >= 11 is 11.9. The number of halogens is 2. The molecule has 8 heteroatoms. The topological polar surface area (TPSA) is 79.8 Å². The van der Waals surface area contributed by atoms with E-state index >= 15 is 0 Å². The van der Waals surface area contributed by atoms with Gasteiger partial charge in [-0.3, -0.25) is 9.59 Å². The second kappa shape index (κ2) is 11.6. The highest BCUT2D eigenvalue weighted by molar-refractivity contribution is 6.31. The van der Waals surface area contributed by atoms with E-state index in [-0.39, 0.29) is 11.8 Å². The maximum Gasteiger partial charge on any atom is 0.262 e. The van der Waals surface area contributed by atoms with Crippen molar-refractivity contribution in [2.45, 2.75) is 33.2 Å². The van der Waals surface area contributed by atoms with E-state index in [9.17, 15) is 9.59 Å². The monoisotopic (exact) mass is 449 g/mol. The van der Waals surface area contributed by atoms with Gasteiger partial charge in [-0.2, -0.15) is 5.10 Å². The number of amides is 2. The Bertz CT molecular complexity index is 899. The minimum atomic E-state index is -0.763. The maximum absolute atomic E-state index is 12.6. The molecule has 2 aromatic carbocycles. The Kier molecular flexibility index (Phi) is 9.15. The van der Waals surface area contributed by atoms with Gasteiger partial charge in [0.15, 0.2) is 0 Å². The molecule has 0 aliphatic carbocycles. The first-order valence-corrected chi connectivity index (χ1v) is 10.4. The lowest BCUT2D eigenvalue weighted by Gasteiger charge is -2.20. The van der Waals surface area contributed by atoms with Gasteiger partial charge in [-0.25, -0.2) is 5.43 Å². The Hall–Kier alpha value is -2.57. The predicted molar refractivity (Wildman–Crippen MR) is 121 cm³/mol. The van der Waals surface area contributed by atoms with E-state index in [4.69, 9.17) is 27.9 Å². The molecule has 2 rings (SSSR count). The fraction of sp³-hybridized carbons (Fsp3) is 0.318. The van der Waals surface area contributed by atoms with Crippen molar-refractivity contribution < 1.29 is 14.3 Å². The summed E-state index contributed by atoms with van der Waals surface area (Å²) in [5, 5.41) is 7.81. The van der Waals surface area contributed by atoms with E-state index in [1.54, 1.807) is 42.5 Å². The first-order valence-electron chi connectivity index (χ1n) is 9.63. The van der Waals surface area contributed by atoms with Gasteiger partial charge >= 0.3 is 0 Å². The van der Waals surface area contributed by atoms with Crippen molar-refractivity contribution >= 4 is 41.2 Å². The lowest BCUT2D eigenvalue weighted by Crippen LogP contribution is -2.48. The number of benzene rings is 2. The van der Waals surface area contributed by atoms with E-state index in [1.165, 1.54) is 6.21 Å². The van der Waals surface area contributed by atoms with Crippen LogP contribution in [-0.4, -0.2) is 30.7 Å². The molecule has 2 aromatic rings. The molecule has 2 N–H and O–H groups in total. The number of carbonyl (C=O) groups excluding carboxylic acids is 2. The van der Waals surface area contributed by atoms with Crippen LogP contribution in [0.2, 0.25) is 10.0 Å². The molecule has 0 heterocycles. The molecule has 0 aliphatic rings. The number of hydrogen-bond donors (Lipinski definition) is 2. The summed E-state index contributed by atoms with van der Waals surface area (Å²) in [7, 11) is 0. The van der Waals surface area contributed by atoms with Gasteiger partial charge in [0.05, 0.1) is 12.8 Å². The molecule has 0 spiro atoms. The maximum atomic E-state index is 12.6. The van der Waals surface area contributed by atoms with E-state index in [2.05, 4.69) is 15.8 Å². The van der Waals surface area contributed by atoms with Crippen LogP contribution in [0, 0.1) is 5.92 Å². The molecule has 6 nitrogen and oxygen atoms in total. The highest BCUT2D eigenvalue weighted by atomic mass is 35.5. The van der Waals surface area contributed by atoms with E-state index in [0.29, 0.717) is 33.5 Å². The van der Waals surface area contributed by atoms with Crippen LogP contribution in [0.15, 0.2) is 47.6 Å². The Labute approximate surface area is 186 Å². The Balaban J connectivity index is 2.06. The van der Waals surface area contributed by atoms with Crippen molar-refractivity contribution in [1.29, 1.82) is 0 Å². The van der Waals surface area contributed by atoms with Crippen LogP contribution in [0.25, 0.3) is 0 Å². The van der Waals surface area contributed by atoms with Gasteiger partial charge in [0.1, 0.15) is 11.8 Å². The van der Waals surface area contributed by atoms with Crippen LogP contribution in [0.4, 0.5) is 0 Å². The average Bonchev–Trinajstić information content (AvgIpc) is 2.71. The lowest BCUT2D eigenvalue weighted by molar-refractivity contribution is -0.123. The molecule has 0 bridgehead atoms. The van der Waals surface area contributed by atoms with Gasteiger partial charge in [0.2, 0.25) is 0 Å². The van der Waals surface area contributed by atoms with Crippen molar-refractivity contribution in [2.24, 2.45) is 11.0 Å². The summed E-state index contributed by atoms with van der Waals surface area (Å²) in [6.45, 7) is 6.24. The van der Waals surface area contributed by atoms with Crippen molar-refractivity contribution in [1.82, 2.24) is 10.7 Å². The van der Waals surface area contributed by atoms with E-state index in [0.717, 1.165) is 6.42 Å². The van der Waals surface area contributed by atoms with Crippen LogP contribution in [0.3, 0.4) is 0 Å². The summed E-state index contributed by atoms with van der Waals surface area (Å²) < 4.78 is 5.67. The highest BCUT2D eigenvalue weighted by Gasteiger charge is 2.24. The molecule has 1 atom stereocenters. The molecule has 0 radical (unpaired) electrons. The molecule has 0 aromatic heterocycles. The molecule has 0 fully saturated rings. The molecule has 2 amide bonds. The Morgan fingerprint density at radius 3 is 2.40 bits per heavy atom. The average molecular weight is 450 g/mol. The second-order valence-electron chi connectivity index (χ2n) is 6.97. The van der Waals surface area contributed by atoms with Gasteiger partial charge in [-0.15, -0.1) is 0 Å². The Morgan fingerprint density at radius 1 is 1.10 bits per heavy atom. The number of nitrogens with one attached hydrogen (secondary N) is 2. The largest absolute Gasteiger partial charge is 0.493 e. The molecular weight excluding hydrogens is 425 g/mol. The summed E-state index contributed by atoms with van der Waals surface area (Å²) in [5.41, 5.74) is 3.53. The van der Waals surface area contributed by atoms with Crippen LogP contribution in [0.5, 0.6) is 5.75 Å². The van der Waals surface area contributed by atoms with Crippen molar-refractivity contribution in [3.05, 3.63) is 63.6 Å². The van der Waals surface area contributed by atoms with E-state index < -0.39 is 11.9 Å². The molecule has 160 valence electrons. The third-order valence-electron chi connectivity index (χ3n) is 4.15. The normalized spacial score (nSPS) is 12.1. The fourth-order valence-corrected chi connectivity index (χ4v) is 2.87. The Morgan fingerprint density at radius 2 is 1.77 bits per heavy atom. The summed E-state index contributed by atoms with van der Waals surface area (Å²) in [6.07, 6.45) is 2.33. The molecule has 0 saturated heterocycles. The number of nitrogens with zero attached hydrogens (tertiary/aromatic N) is 1. The molecule has 0 saturated carbocycles. The molecular formula is C22H25Cl2N3O3. The van der Waals surface area contributed by atoms with Crippen LogP contribution in [0.1, 0.15) is 43.1 Å². The van der Waals surface area contributed by atoms with Crippen molar-refractivity contribution in [3.8, 4) is 5.75 Å². The van der Waals surface area contributed by atoms with Gasteiger partial charge in [-0.05, 0) is 54.8 Å². The quantitative estimate of drug-likeness (QED) is 0.430. The van der Waals surface area contributed by atoms with E-state index in [1.807, 2.05) is 20.8 Å². The van der Waals surface area contributed by atoms with Gasteiger partial charge in [0, 0.05) is 21.2 Å². The minimum absolute atomic E-state index is 0.147. The first kappa shape index (κ1) is 23.7. The molecule has 0 aliphatic heterocycles. The number of carbonyl (C=O) groups is 2. The SMILES string of the molecule is CCCOc1ccc(Cl)cc1C=NNC(=O)C(NC(=O)c1ccc(Cl)cc1)C(C)C. The van der Waals surface area contributed by atoms with Crippen LogP contribution < -0.4 is 15.5 Å². The molecule has 30 heavy (non-hydrogen) atoms. The predicted octanol–water partition coefficient (Wildman–Crippen LogP) is 4.69. The second-order valence-corrected chi connectivity index (χ2v) is 7.84.